The molecule has 0 saturated carbocycles. The van der Waals surface area contributed by atoms with Gasteiger partial charge in [-0.25, -0.2) is 9.78 Å². The lowest BCUT2D eigenvalue weighted by atomic mass is 9.93. The number of amides is 1. The van der Waals surface area contributed by atoms with E-state index in [2.05, 4.69) is 10.3 Å². The summed E-state index contributed by atoms with van der Waals surface area (Å²) in [5.41, 5.74) is 3.09. The van der Waals surface area contributed by atoms with Crippen molar-refractivity contribution in [3.63, 3.8) is 0 Å². The number of halogens is 1. The summed E-state index contributed by atoms with van der Waals surface area (Å²) in [5, 5.41) is 3.83. The van der Waals surface area contributed by atoms with Crippen LogP contribution in [0.5, 0.6) is 0 Å². The van der Waals surface area contributed by atoms with Crippen molar-refractivity contribution in [3.05, 3.63) is 47.0 Å². The van der Waals surface area contributed by atoms with Crippen molar-refractivity contribution in [1.82, 2.24) is 4.98 Å². The highest BCUT2D eigenvalue weighted by atomic mass is 35.5. The highest BCUT2D eigenvalue weighted by molar-refractivity contribution is 7.22. The Balaban J connectivity index is 2.03. The Labute approximate surface area is 162 Å². The number of carbonyl (C=O) groups is 1. The van der Waals surface area contributed by atoms with E-state index in [1.165, 1.54) is 11.3 Å². The predicted molar refractivity (Wildman–Crippen MR) is 109 cm³/mol. The van der Waals surface area contributed by atoms with Crippen LogP contribution in [-0.2, 0) is 11.1 Å². The van der Waals surface area contributed by atoms with Gasteiger partial charge < -0.3 is 4.74 Å². The second kappa shape index (κ2) is 7.29. The van der Waals surface area contributed by atoms with Crippen molar-refractivity contribution in [2.24, 2.45) is 0 Å². The molecule has 132 valence electrons. The first-order valence-corrected chi connectivity index (χ1v) is 9.34. The average Bonchev–Trinajstić information content (AvgIpc) is 2.93. The predicted octanol–water partition coefficient (Wildman–Crippen LogP) is 5.63. The number of rotatable bonds is 3. The number of ether oxygens (including phenoxy) is 1. The lowest BCUT2D eigenvalue weighted by Gasteiger charge is -2.18. The van der Waals surface area contributed by atoms with Gasteiger partial charge in [0, 0.05) is 10.6 Å². The molecular formula is C19H18BClN2O2S. The van der Waals surface area contributed by atoms with Crippen LogP contribution in [0.15, 0.2) is 36.4 Å². The molecule has 1 heterocycles. The minimum atomic E-state index is -0.570. The molecule has 0 aliphatic heterocycles. The lowest BCUT2D eigenvalue weighted by molar-refractivity contribution is 0.0636. The monoisotopic (exact) mass is 384 g/mol. The van der Waals surface area contributed by atoms with E-state index in [1.807, 2.05) is 57.2 Å². The maximum absolute atomic E-state index is 12.0. The van der Waals surface area contributed by atoms with Crippen LogP contribution >= 0.6 is 22.9 Å². The molecule has 26 heavy (non-hydrogen) atoms. The summed E-state index contributed by atoms with van der Waals surface area (Å²) in [6, 6.07) is 11.6. The summed E-state index contributed by atoms with van der Waals surface area (Å²) in [5.74, 6) is 0. The summed E-state index contributed by atoms with van der Waals surface area (Å²) in [6.07, 6.45) is -0.115. The van der Waals surface area contributed by atoms with Crippen LogP contribution in [0.2, 0.25) is 5.02 Å². The van der Waals surface area contributed by atoms with Gasteiger partial charge in [0.2, 0.25) is 0 Å². The zero-order valence-electron chi connectivity index (χ0n) is 14.8. The number of hydrogen-bond acceptors (Lipinski definition) is 4. The Morgan fingerprint density at radius 2 is 2.08 bits per heavy atom. The minimum Gasteiger partial charge on any atom is -0.444 e. The van der Waals surface area contributed by atoms with Gasteiger partial charge in [-0.15, -0.1) is 0 Å². The first kappa shape index (κ1) is 18.7. The van der Waals surface area contributed by atoms with Crippen molar-refractivity contribution >= 4 is 52.2 Å². The van der Waals surface area contributed by atoms with Gasteiger partial charge in [0.05, 0.1) is 18.1 Å². The Hall–Kier alpha value is -2.05. The number of carbonyl (C=O) groups excluding carboxylic acids is 1. The second-order valence-corrected chi connectivity index (χ2v) is 8.32. The molecule has 0 aliphatic rings. The molecule has 0 atom stereocenters. The molecule has 1 amide bonds. The van der Waals surface area contributed by atoms with Gasteiger partial charge in [0.15, 0.2) is 5.13 Å². The highest BCUT2D eigenvalue weighted by Crippen LogP contribution is 2.36. The van der Waals surface area contributed by atoms with E-state index in [4.69, 9.17) is 24.2 Å². The summed E-state index contributed by atoms with van der Waals surface area (Å²) < 4.78 is 6.23. The fraction of sp³-hybridized carbons (Fsp3) is 0.263. The van der Waals surface area contributed by atoms with Gasteiger partial charge in [0.1, 0.15) is 5.60 Å². The maximum atomic E-state index is 12.0. The van der Waals surface area contributed by atoms with Gasteiger partial charge in [0.25, 0.3) is 0 Å². The first-order chi connectivity index (χ1) is 12.2. The van der Waals surface area contributed by atoms with Crippen molar-refractivity contribution in [2.75, 3.05) is 5.32 Å². The summed E-state index contributed by atoms with van der Waals surface area (Å²) in [6.45, 7) is 5.45. The van der Waals surface area contributed by atoms with Crippen LogP contribution in [0.3, 0.4) is 0 Å². The molecule has 0 bridgehead atoms. The van der Waals surface area contributed by atoms with Gasteiger partial charge in [-0.2, -0.15) is 0 Å². The van der Waals surface area contributed by atoms with Crippen molar-refractivity contribution in [3.8, 4) is 11.1 Å². The molecule has 0 unspecified atom stereocenters. The normalized spacial score (nSPS) is 11.5. The first-order valence-electron chi connectivity index (χ1n) is 8.14. The molecule has 1 N–H and O–H groups in total. The number of thiazole rings is 1. The molecule has 7 heteroatoms. The topological polar surface area (TPSA) is 51.2 Å². The summed E-state index contributed by atoms with van der Waals surface area (Å²) in [4.78, 5) is 16.6. The molecule has 1 aromatic heterocycles. The van der Waals surface area contributed by atoms with E-state index in [9.17, 15) is 4.79 Å². The number of fused-ring (bicyclic) bond motifs is 1. The fourth-order valence-corrected chi connectivity index (χ4v) is 3.66. The van der Waals surface area contributed by atoms with Crippen LogP contribution in [0, 0.1) is 0 Å². The minimum absolute atomic E-state index is 0.413. The van der Waals surface area contributed by atoms with Crippen molar-refractivity contribution < 1.29 is 9.53 Å². The van der Waals surface area contributed by atoms with Crippen molar-refractivity contribution in [2.45, 2.75) is 32.7 Å². The second-order valence-electron chi connectivity index (χ2n) is 6.85. The molecule has 2 aromatic carbocycles. The van der Waals surface area contributed by atoms with E-state index < -0.39 is 11.7 Å². The number of nitrogens with one attached hydrogen (secondary N) is 1. The third-order valence-corrected chi connectivity index (χ3v) is 4.69. The smallest absolute Gasteiger partial charge is 0.413 e. The average molecular weight is 385 g/mol. The van der Waals surface area contributed by atoms with Crippen LogP contribution in [0.25, 0.3) is 21.3 Å². The van der Waals surface area contributed by atoms with Gasteiger partial charge in [-0.3, -0.25) is 5.32 Å². The molecule has 2 radical (unpaired) electrons. The van der Waals surface area contributed by atoms with Crippen LogP contribution in [0.4, 0.5) is 9.93 Å². The summed E-state index contributed by atoms with van der Waals surface area (Å²) in [7, 11) is 5.84. The zero-order chi connectivity index (χ0) is 18.9. The molecular weight excluding hydrogens is 367 g/mol. The molecule has 4 nitrogen and oxygen atoms in total. The maximum Gasteiger partial charge on any atom is 0.413 e. The van der Waals surface area contributed by atoms with E-state index in [-0.39, 0.29) is 0 Å². The van der Waals surface area contributed by atoms with E-state index in [0.717, 1.165) is 26.9 Å². The summed E-state index contributed by atoms with van der Waals surface area (Å²) >= 11 is 7.52. The van der Waals surface area contributed by atoms with Gasteiger partial charge >= 0.3 is 6.09 Å². The molecule has 0 aliphatic carbocycles. The standard InChI is InChI=1S/C19H18BClN2O2S/c1-19(2,3)25-18(24)23-17-22-16-14(12-5-4-6-13(21)9-12)7-11(10-20)8-15(16)26-17/h4-9H,10H2,1-3H3,(H,22,23,24). The number of anilines is 1. The Bertz CT molecular complexity index is 966. The zero-order valence-corrected chi connectivity index (χ0v) is 16.4. The Morgan fingerprint density at radius 3 is 2.73 bits per heavy atom. The molecule has 3 aromatic rings. The number of aromatic nitrogens is 1. The van der Waals surface area contributed by atoms with Crippen molar-refractivity contribution in [1.29, 1.82) is 0 Å². The molecule has 0 saturated heterocycles. The third kappa shape index (κ3) is 4.37. The number of hydrogen-bond donors (Lipinski definition) is 1. The van der Waals surface area contributed by atoms with Crippen LogP contribution in [0.1, 0.15) is 26.3 Å². The Kier molecular flexibility index (Phi) is 5.25. The van der Waals surface area contributed by atoms with E-state index in [1.54, 1.807) is 0 Å². The molecule has 0 fully saturated rings. The Morgan fingerprint density at radius 1 is 1.31 bits per heavy atom. The fourth-order valence-electron chi connectivity index (χ4n) is 2.52. The third-order valence-electron chi connectivity index (χ3n) is 3.53. The quantitative estimate of drug-likeness (QED) is 0.595. The van der Waals surface area contributed by atoms with Gasteiger partial charge in [-0.1, -0.05) is 47.0 Å². The SMILES string of the molecule is [B]Cc1cc(-c2cccc(Cl)c2)c2nc(NC(=O)OC(C)(C)C)sc2c1. The molecule has 3 rings (SSSR count). The lowest BCUT2D eigenvalue weighted by Crippen LogP contribution is -2.27. The van der Waals surface area contributed by atoms with E-state index >= 15 is 0 Å². The largest absolute Gasteiger partial charge is 0.444 e. The number of nitrogens with zero attached hydrogens (tertiary/aromatic N) is 1. The molecule has 0 spiro atoms. The van der Waals surface area contributed by atoms with Crippen LogP contribution in [-0.4, -0.2) is 24.5 Å². The van der Waals surface area contributed by atoms with Gasteiger partial charge in [-0.05, 0) is 50.6 Å². The number of benzene rings is 2. The van der Waals surface area contributed by atoms with Crippen LogP contribution < -0.4 is 5.32 Å². The van der Waals surface area contributed by atoms with E-state index in [0.29, 0.717) is 16.5 Å². The highest BCUT2D eigenvalue weighted by Gasteiger charge is 2.18.